The summed E-state index contributed by atoms with van der Waals surface area (Å²) >= 11 is 0. The average Bonchev–Trinajstić information content (AvgIpc) is 3.86. The van der Waals surface area contributed by atoms with Crippen molar-refractivity contribution in [1.82, 2.24) is 10.6 Å². The van der Waals surface area contributed by atoms with Crippen LogP contribution in [0.3, 0.4) is 0 Å². The minimum absolute atomic E-state index is 0.180. The zero-order chi connectivity index (χ0) is 25.2. The molecule has 4 heteroatoms. The van der Waals surface area contributed by atoms with E-state index in [4.69, 9.17) is 0 Å². The second-order valence-corrected chi connectivity index (χ2v) is 12.4. The molecule has 4 fully saturated rings. The van der Waals surface area contributed by atoms with Crippen molar-refractivity contribution in [2.45, 2.75) is 94.5 Å². The van der Waals surface area contributed by atoms with Gasteiger partial charge in [0.1, 0.15) is 0 Å². The molecule has 0 bridgehead atoms. The van der Waals surface area contributed by atoms with Crippen LogP contribution < -0.4 is 10.6 Å². The molecule has 6 rings (SSSR count). The Hall–Kier alpha value is -2.62. The first-order valence-corrected chi connectivity index (χ1v) is 14.8. The maximum atomic E-state index is 12.8. The topological polar surface area (TPSA) is 58.2 Å². The molecule has 0 unspecified atom stereocenters. The molecule has 0 heterocycles. The molecule has 4 aliphatic carbocycles. The summed E-state index contributed by atoms with van der Waals surface area (Å²) < 4.78 is 0. The average molecular weight is 499 g/mol. The molecule has 4 aliphatic rings. The van der Waals surface area contributed by atoms with E-state index in [-0.39, 0.29) is 23.7 Å². The monoisotopic (exact) mass is 498 g/mol. The van der Waals surface area contributed by atoms with Gasteiger partial charge < -0.3 is 10.6 Å². The van der Waals surface area contributed by atoms with Gasteiger partial charge >= 0.3 is 0 Å². The van der Waals surface area contributed by atoms with Crippen LogP contribution in [0.1, 0.15) is 93.6 Å². The molecule has 2 N–H and O–H groups in total. The van der Waals surface area contributed by atoms with Crippen molar-refractivity contribution in [3.63, 3.8) is 0 Å². The zero-order valence-electron chi connectivity index (χ0n) is 22.0. The molecule has 0 spiro atoms. The van der Waals surface area contributed by atoms with Gasteiger partial charge in [-0.3, -0.25) is 9.59 Å². The van der Waals surface area contributed by atoms with E-state index in [1.807, 2.05) is 12.1 Å². The van der Waals surface area contributed by atoms with Crippen LogP contribution in [0, 0.1) is 23.7 Å². The van der Waals surface area contributed by atoms with Crippen LogP contribution in [0.5, 0.6) is 0 Å². The molecule has 4 atom stereocenters. The highest BCUT2D eigenvalue weighted by atomic mass is 16.2. The van der Waals surface area contributed by atoms with E-state index >= 15 is 0 Å². The number of hydrogen-bond donors (Lipinski definition) is 2. The highest BCUT2D eigenvalue weighted by Gasteiger charge is 2.45. The van der Waals surface area contributed by atoms with Crippen molar-refractivity contribution in [2.24, 2.45) is 23.7 Å². The van der Waals surface area contributed by atoms with Crippen molar-refractivity contribution < 1.29 is 9.59 Å². The van der Waals surface area contributed by atoms with Gasteiger partial charge in [0.15, 0.2) is 0 Å². The number of amides is 2. The fourth-order valence-corrected chi connectivity index (χ4v) is 7.28. The molecule has 4 nitrogen and oxygen atoms in total. The SMILES string of the molecule is O=C(NC1CCC(CC2CCC(NC(=O)[C@@H]3C[C@H]3c3ccccc3)CC2)CC1)[C@@H]1C[C@@H]1c1ccccc1. The summed E-state index contributed by atoms with van der Waals surface area (Å²) in [5, 5.41) is 6.75. The van der Waals surface area contributed by atoms with Gasteiger partial charge in [0.2, 0.25) is 11.8 Å². The van der Waals surface area contributed by atoms with Gasteiger partial charge in [-0.25, -0.2) is 0 Å². The lowest BCUT2D eigenvalue weighted by molar-refractivity contribution is -0.124. The fraction of sp³-hybridized carbons (Fsp3) is 0.576. The third-order valence-corrected chi connectivity index (χ3v) is 9.76. The van der Waals surface area contributed by atoms with Gasteiger partial charge in [-0.15, -0.1) is 0 Å². The number of carbonyl (C=O) groups excluding carboxylic acids is 2. The van der Waals surface area contributed by atoms with Gasteiger partial charge in [-0.2, -0.15) is 0 Å². The molecule has 0 radical (unpaired) electrons. The Bertz CT molecular complexity index is 969. The predicted molar refractivity (Wildman–Crippen MR) is 147 cm³/mol. The number of benzene rings is 2. The van der Waals surface area contributed by atoms with Crippen LogP contribution in [0.2, 0.25) is 0 Å². The van der Waals surface area contributed by atoms with E-state index in [1.165, 1.54) is 43.2 Å². The second kappa shape index (κ2) is 11.0. The van der Waals surface area contributed by atoms with Crippen molar-refractivity contribution in [3.05, 3.63) is 71.8 Å². The summed E-state index contributed by atoms with van der Waals surface area (Å²) in [6.45, 7) is 0. The lowest BCUT2D eigenvalue weighted by Crippen LogP contribution is -2.40. The Morgan fingerprint density at radius 2 is 0.946 bits per heavy atom. The lowest BCUT2D eigenvalue weighted by Gasteiger charge is -2.34. The molecule has 0 aromatic heterocycles. The molecule has 2 aromatic carbocycles. The summed E-state index contributed by atoms with van der Waals surface area (Å²) in [4.78, 5) is 25.5. The Kier molecular flexibility index (Phi) is 7.35. The van der Waals surface area contributed by atoms with Crippen LogP contribution >= 0.6 is 0 Å². The van der Waals surface area contributed by atoms with Crippen LogP contribution in [0.4, 0.5) is 0 Å². The Morgan fingerprint density at radius 1 is 0.568 bits per heavy atom. The third kappa shape index (κ3) is 6.10. The number of carbonyl (C=O) groups is 2. The van der Waals surface area contributed by atoms with Gasteiger partial charge in [0.05, 0.1) is 0 Å². The van der Waals surface area contributed by atoms with Crippen molar-refractivity contribution in [3.8, 4) is 0 Å². The maximum absolute atomic E-state index is 12.8. The molecule has 37 heavy (non-hydrogen) atoms. The summed E-state index contributed by atoms with van der Waals surface area (Å²) in [6.07, 6.45) is 12.9. The minimum atomic E-state index is 0.180. The van der Waals surface area contributed by atoms with E-state index in [1.54, 1.807) is 0 Å². The molecular formula is C33H42N2O2. The first-order valence-electron chi connectivity index (χ1n) is 14.8. The first-order chi connectivity index (χ1) is 18.1. The Balaban J connectivity index is 0.862. The molecule has 4 saturated carbocycles. The van der Waals surface area contributed by atoms with Crippen LogP contribution in [0.25, 0.3) is 0 Å². The van der Waals surface area contributed by atoms with Crippen molar-refractivity contribution in [1.29, 1.82) is 0 Å². The van der Waals surface area contributed by atoms with Gasteiger partial charge in [0, 0.05) is 23.9 Å². The third-order valence-electron chi connectivity index (χ3n) is 9.76. The highest BCUT2D eigenvalue weighted by Crippen LogP contribution is 2.48. The predicted octanol–water partition coefficient (Wildman–Crippen LogP) is 6.33. The summed E-state index contributed by atoms with van der Waals surface area (Å²) in [7, 11) is 0. The lowest BCUT2D eigenvalue weighted by atomic mass is 9.75. The van der Waals surface area contributed by atoms with E-state index in [9.17, 15) is 9.59 Å². The normalized spacial score (nSPS) is 34.8. The summed E-state index contributed by atoms with van der Waals surface area (Å²) in [5.74, 6) is 3.37. The van der Waals surface area contributed by atoms with E-state index in [2.05, 4.69) is 59.2 Å². The van der Waals surface area contributed by atoms with Gasteiger partial charge in [-0.05, 0) is 105 Å². The molecule has 2 aromatic rings. The van der Waals surface area contributed by atoms with Crippen molar-refractivity contribution >= 4 is 11.8 Å². The largest absolute Gasteiger partial charge is 0.353 e. The Morgan fingerprint density at radius 3 is 1.32 bits per heavy atom. The summed E-state index contributed by atoms with van der Waals surface area (Å²) in [6, 6.07) is 21.7. The smallest absolute Gasteiger partial charge is 0.223 e. The molecular weight excluding hydrogens is 456 g/mol. The quantitative estimate of drug-likeness (QED) is 0.447. The van der Waals surface area contributed by atoms with E-state index in [0.29, 0.717) is 23.9 Å². The number of rotatable bonds is 8. The molecule has 0 aliphatic heterocycles. The van der Waals surface area contributed by atoms with Gasteiger partial charge in [-0.1, -0.05) is 60.7 Å². The molecule has 2 amide bonds. The molecule has 0 saturated heterocycles. The Labute approximate surface area is 222 Å². The number of nitrogens with one attached hydrogen (secondary N) is 2. The second-order valence-electron chi connectivity index (χ2n) is 12.4. The van der Waals surface area contributed by atoms with E-state index < -0.39 is 0 Å². The standard InChI is InChI=1S/C33H42N2O2/c36-32(30-20-28(30)24-7-3-1-4-8-24)34-26-15-11-22(12-16-26)19-23-13-17-27(18-14-23)35-33(37)31-21-29(31)25-9-5-2-6-10-25/h1-10,22-23,26-31H,11-21H2,(H,34,36)(H,35,37)/t22?,23?,26?,27?,28-,29+,30-,31-/m1/s1. The zero-order valence-corrected chi connectivity index (χ0v) is 22.0. The summed E-state index contributed by atoms with van der Waals surface area (Å²) in [5.41, 5.74) is 2.62. The first kappa shape index (κ1) is 24.7. The molecule has 196 valence electrons. The highest BCUT2D eigenvalue weighted by molar-refractivity contribution is 5.83. The van der Waals surface area contributed by atoms with Crippen LogP contribution in [0.15, 0.2) is 60.7 Å². The maximum Gasteiger partial charge on any atom is 0.223 e. The minimum Gasteiger partial charge on any atom is -0.353 e. The van der Waals surface area contributed by atoms with Crippen LogP contribution in [-0.2, 0) is 9.59 Å². The van der Waals surface area contributed by atoms with Crippen molar-refractivity contribution in [2.75, 3.05) is 0 Å². The van der Waals surface area contributed by atoms with E-state index in [0.717, 1.165) is 50.4 Å². The fourth-order valence-electron chi connectivity index (χ4n) is 7.28. The number of hydrogen-bond acceptors (Lipinski definition) is 2. The van der Waals surface area contributed by atoms with Gasteiger partial charge in [0.25, 0.3) is 0 Å². The van der Waals surface area contributed by atoms with Crippen LogP contribution in [-0.4, -0.2) is 23.9 Å².